The third kappa shape index (κ3) is 1.60. The summed E-state index contributed by atoms with van der Waals surface area (Å²) in [5.41, 5.74) is 1.39. The van der Waals surface area contributed by atoms with Crippen LogP contribution in [0.15, 0.2) is 12.5 Å². The minimum absolute atomic E-state index is 0.152. The number of nitrogens with zero attached hydrogens (tertiary/aromatic N) is 3. The van der Waals surface area contributed by atoms with Crippen LogP contribution in [0.3, 0.4) is 0 Å². The Morgan fingerprint density at radius 1 is 1.38 bits per heavy atom. The van der Waals surface area contributed by atoms with Crippen LogP contribution >= 0.6 is 0 Å². The first kappa shape index (κ1) is 9.50. The van der Waals surface area contributed by atoms with Crippen LogP contribution in [0.4, 0.5) is 10.3 Å². The Balaban J connectivity index is 1.83. The van der Waals surface area contributed by atoms with Gasteiger partial charge in [-0.15, -0.1) is 0 Å². The Labute approximate surface area is 91.5 Å². The van der Waals surface area contributed by atoms with Crippen LogP contribution in [-0.2, 0) is 0 Å². The van der Waals surface area contributed by atoms with E-state index in [9.17, 15) is 4.39 Å². The van der Waals surface area contributed by atoms with Crippen LogP contribution < -0.4 is 5.32 Å². The highest BCUT2D eigenvalue weighted by molar-refractivity contribution is 5.69. The normalized spacial score (nSPS) is 25.1. The summed E-state index contributed by atoms with van der Waals surface area (Å²) in [5, 5.41) is 3.03. The van der Waals surface area contributed by atoms with E-state index in [1.54, 1.807) is 12.5 Å². The topological polar surface area (TPSA) is 66.5 Å². The second kappa shape index (κ2) is 3.70. The number of hydrogen-bond donors (Lipinski definition) is 2. The van der Waals surface area contributed by atoms with E-state index in [0.29, 0.717) is 23.5 Å². The van der Waals surface area contributed by atoms with E-state index < -0.39 is 6.17 Å². The molecule has 2 N–H and O–H groups in total. The van der Waals surface area contributed by atoms with Crippen LogP contribution in [-0.4, -0.2) is 32.1 Å². The molecule has 1 aliphatic rings. The zero-order valence-corrected chi connectivity index (χ0v) is 8.65. The van der Waals surface area contributed by atoms with Gasteiger partial charge in [-0.3, -0.25) is 0 Å². The third-order valence-electron chi connectivity index (χ3n) is 2.92. The molecular weight excluding hydrogens is 209 g/mol. The largest absolute Gasteiger partial charge is 0.349 e. The van der Waals surface area contributed by atoms with Gasteiger partial charge in [0.1, 0.15) is 11.7 Å². The van der Waals surface area contributed by atoms with Gasteiger partial charge in [-0.25, -0.2) is 14.4 Å². The van der Waals surface area contributed by atoms with Gasteiger partial charge in [0.05, 0.1) is 18.6 Å². The van der Waals surface area contributed by atoms with Gasteiger partial charge in [-0.1, -0.05) is 0 Å². The van der Waals surface area contributed by atoms with Gasteiger partial charge < -0.3 is 10.3 Å². The summed E-state index contributed by atoms with van der Waals surface area (Å²) in [6.07, 6.45) is 4.79. The zero-order chi connectivity index (χ0) is 11.0. The fourth-order valence-corrected chi connectivity index (χ4v) is 2.05. The smallest absolute Gasteiger partial charge is 0.225 e. The van der Waals surface area contributed by atoms with E-state index in [4.69, 9.17) is 0 Å². The fourth-order valence-electron chi connectivity index (χ4n) is 2.05. The molecule has 6 heteroatoms. The van der Waals surface area contributed by atoms with Gasteiger partial charge in [0.2, 0.25) is 5.95 Å². The van der Waals surface area contributed by atoms with Crippen molar-refractivity contribution in [3.05, 3.63) is 12.5 Å². The predicted molar refractivity (Wildman–Crippen MR) is 57.8 cm³/mol. The Kier molecular flexibility index (Phi) is 2.19. The van der Waals surface area contributed by atoms with Crippen LogP contribution in [0.25, 0.3) is 11.2 Å². The molecule has 2 atom stereocenters. The summed E-state index contributed by atoms with van der Waals surface area (Å²) in [4.78, 5) is 15.3. The van der Waals surface area contributed by atoms with Gasteiger partial charge in [0, 0.05) is 0 Å². The number of halogens is 1. The Hall–Kier alpha value is -1.72. The number of rotatable bonds is 2. The highest BCUT2D eigenvalue weighted by atomic mass is 19.1. The zero-order valence-electron chi connectivity index (χ0n) is 8.65. The van der Waals surface area contributed by atoms with Crippen LogP contribution in [0.5, 0.6) is 0 Å². The molecule has 1 aliphatic carbocycles. The molecule has 0 aliphatic heterocycles. The third-order valence-corrected chi connectivity index (χ3v) is 2.92. The molecule has 2 aromatic rings. The first-order valence-corrected chi connectivity index (χ1v) is 5.39. The highest BCUT2D eigenvalue weighted by Gasteiger charge is 2.27. The second-order valence-corrected chi connectivity index (χ2v) is 4.03. The molecule has 0 amide bonds. The summed E-state index contributed by atoms with van der Waals surface area (Å²) >= 11 is 0. The number of hydrogen-bond acceptors (Lipinski definition) is 4. The summed E-state index contributed by atoms with van der Waals surface area (Å²) in [7, 11) is 0. The van der Waals surface area contributed by atoms with Crippen molar-refractivity contribution in [1.29, 1.82) is 0 Å². The average Bonchev–Trinajstić information content (AvgIpc) is 2.88. The molecule has 3 rings (SSSR count). The number of fused-ring (bicyclic) bond motifs is 1. The molecule has 0 aromatic carbocycles. The summed E-state index contributed by atoms with van der Waals surface area (Å²) in [5.74, 6) is 0.464. The van der Waals surface area contributed by atoms with Gasteiger partial charge in [-0.05, 0) is 19.3 Å². The molecule has 1 fully saturated rings. The van der Waals surface area contributed by atoms with Crippen LogP contribution in [0.1, 0.15) is 19.3 Å². The first-order chi connectivity index (χ1) is 7.83. The number of imidazole rings is 1. The maximum Gasteiger partial charge on any atom is 0.225 e. The molecule has 0 spiro atoms. The van der Waals surface area contributed by atoms with Crippen molar-refractivity contribution < 1.29 is 4.39 Å². The molecule has 1 saturated carbocycles. The van der Waals surface area contributed by atoms with Crippen molar-refractivity contribution in [2.75, 3.05) is 5.32 Å². The second-order valence-electron chi connectivity index (χ2n) is 4.03. The highest BCUT2D eigenvalue weighted by Crippen LogP contribution is 2.24. The van der Waals surface area contributed by atoms with E-state index in [1.807, 2.05) is 0 Å². The number of anilines is 1. The van der Waals surface area contributed by atoms with Crippen molar-refractivity contribution in [3.63, 3.8) is 0 Å². The lowest BCUT2D eigenvalue weighted by molar-refractivity contribution is 0.323. The number of alkyl halides is 1. The SMILES string of the molecule is F[C@@H]1CCC[C@H]1Nc1ncc2nc[nH]c2n1. The lowest BCUT2D eigenvalue weighted by Gasteiger charge is -2.14. The standard InChI is InChI=1S/C10H12FN5/c11-6-2-1-3-7(6)15-10-12-4-8-9(16-10)14-5-13-8/h4-7H,1-3H2,(H2,12,13,14,15,16)/t6-,7-/m1/s1. The van der Waals surface area contributed by atoms with Gasteiger partial charge in [0.25, 0.3) is 0 Å². The predicted octanol–water partition coefficient (Wildman–Crippen LogP) is 1.66. The quantitative estimate of drug-likeness (QED) is 0.809. The van der Waals surface area contributed by atoms with E-state index >= 15 is 0 Å². The Morgan fingerprint density at radius 2 is 2.31 bits per heavy atom. The number of nitrogens with one attached hydrogen (secondary N) is 2. The molecule has 84 valence electrons. The lowest BCUT2D eigenvalue weighted by Crippen LogP contribution is -2.25. The summed E-state index contributed by atoms with van der Waals surface area (Å²) in [6, 6.07) is -0.152. The summed E-state index contributed by atoms with van der Waals surface area (Å²) < 4.78 is 13.4. The van der Waals surface area contributed by atoms with E-state index in [-0.39, 0.29) is 6.04 Å². The van der Waals surface area contributed by atoms with E-state index in [0.717, 1.165) is 12.8 Å². The minimum atomic E-state index is -0.791. The van der Waals surface area contributed by atoms with Gasteiger partial charge in [-0.2, -0.15) is 4.98 Å². The molecule has 0 saturated heterocycles. The van der Waals surface area contributed by atoms with Crippen molar-refractivity contribution >= 4 is 17.1 Å². The number of aromatic nitrogens is 4. The minimum Gasteiger partial charge on any atom is -0.349 e. The number of aromatic amines is 1. The van der Waals surface area contributed by atoms with E-state index in [1.165, 1.54) is 0 Å². The molecule has 0 bridgehead atoms. The van der Waals surface area contributed by atoms with Crippen LogP contribution in [0, 0.1) is 0 Å². The average molecular weight is 221 g/mol. The molecule has 2 heterocycles. The number of H-pyrrole nitrogens is 1. The van der Waals surface area contributed by atoms with Crippen molar-refractivity contribution in [2.24, 2.45) is 0 Å². The van der Waals surface area contributed by atoms with E-state index in [2.05, 4.69) is 25.3 Å². The molecule has 16 heavy (non-hydrogen) atoms. The van der Waals surface area contributed by atoms with Crippen molar-refractivity contribution in [2.45, 2.75) is 31.5 Å². The van der Waals surface area contributed by atoms with Crippen molar-refractivity contribution in [1.82, 2.24) is 19.9 Å². The van der Waals surface area contributed by atoms with Crippen molar-refractivity contribution in [3.8, 4) is 0 Å². The maximum atomic E-state index is 13.4. The summed E-state index contributed by atoms with van der Waals surface area (Å²) in [6.45, 7) is 0. The molecule has 0 unspecified atom stereocenters. The molecule has 5 nitrogen and oxygen atoms in total. The molecule has 0 radical (unpaired) electrons. The maximum absolute atomic E-state index is 13.4. The van der Waals surface area contributed by atoms with Crippen LogP contribution in [0.2, 0.25) is 0 Å². The monoisotopic (exact) mass is 221 g/mol. The first-order valence-electron chi connectivity index (χ1n) is 5.39. The molecule has 2 aromatic heterocycles. The Bertz CT molecular complexity index is 497. The molecular formula is C10H12FN5. The lowest BCUT2D eigenvalue weighted by atomic mass is 10.2. The van der Waals surface area contributed by atoms with Gasteiger partial charge >= 0.3 is 0 Å². The Morgan fingerprint density at radius 3 is 3.12 bits per heavy atom. The fraction of sp³-hybridized carbons (Fsp3) is 0.500. The van der Waals surface area contributed by atoms with Gasteiger partial charge in [0.15, 0.2) is 5.65 Å².